The first kappa shape index (κ1) is 16.8. The zero-order valence-electron chi connectivity index (χ0n) is 14.8. The number of aryl methyl sites for hydroxylation is 1. The van der Waals surface area contributed by atoms with Crippen LogP contribution in [0.15, 0.2) is 55.1 Å². The van der Waals surface area contributed by atoms with Gasteiger partial charge in [-0.05, 0) is 66.0 Å². The minimum absolute atomic E-state index is 0.695. The Balaban J connectivity index is 1.70. The fourth-order valence-corrected chi connectivity index (χ4v) is 3.67. The third-order valence-corrected chi connectivity index (χ3v) is 5.01. The Kier molecular flexibility index (Phi) is 5.74. The first-order valence-corrected chi connectivity index (χ1v) is 9.26. The van der Waals surface area contributed by atoms with Gasteiger partial charge in [-0.1, -0.05) is 56.2 Å². The van der Waals surface area contributed by atoms with E-state index >= 15 is 0 Å². The topological polar surface area (TPSA) is 9.23 Å². The van der Waals surface area contributed by atoms with Crippen molar-refractivity contribution in [3.05, 3.63) is 66.2 Å². The van der Waals surface area contributed by atoms with Crippen molar-refractivity contribution >= 4 is 0 Å². The van der Waals surface area contributed by atoms with E-state index in [0.29, 0.717) is 6.61 Å². The maximum atomic E-state index is 5.69. The predicted octanol–water partition coefficient (Wildman–Crippen LogP) is 6.21. The van der Waals surface area contributed by atoms with Gasteiger partial charge in [-0.15, -0.1) is 6.58 Å². The molecule has 0 saturated carbocycles. The van der Waals surface area contributed by atoms with Crippen LogP contribution in [0.1, 0.15) is 43.7 Å². The van der Waals surface area contributed by atoms with Gasteiger partial charge in [0.2, 0.25) is 0 Å². The minimum atomic E-state index is 0.695. The molecule has 1 aliphatic carbocycles. The molecule has 1 aliphatic rings. The Morgan fingerprint density at radius 1 is 1.08 bits per heavy atom. The summed E-state index contributed by atoms with van der Waals surface area (Å²) in [7, 11) is 0. The van der Waals surface area contributed by atoms with Crippen LogP contribution < -0.4 is 4.74 Å². The second kappa shape index (κ2) is 8.19. The van der Waals surface area contributed by atoms with Gasteiger partial charge in [0.25, 0.3) is 0 Å². The highest BCUT2D eigenvalue weighted by Gasteiger charge is 2.18. The molecule has 0 spiro atoms. The fourth-order valence-electron chi connectivity index (χ4n) is 3.67. The van der Waals surface area contributed by atoms with Crippen LogP contribution in [-0.4, -0.2) is 6.61 Å². The van der Waals surface area contributed by atoms with Crippen molar-refractivity contribution < 1.29 is 4.74 Å². The summed E-state index contributed by atoms with van der Waals surface area (Å²) in [5, 5.41) is 0. The third-order valence-electron chi connectivity index (χ3n) is 5.01. The number of hydrogen-bond acceptors (Lipinski definition) is 1. The number of ether oxygens (including phenoxy) is 1. The summed E-state index contributed by atoms with van der Waals surface area (Å²) in [6, 6.07) is 15.5. The summed E-state index contributed by atoms with van der Waals surface area (Å²) in [5.74, 6) is 1.82. The van der Waals surface area contributed by atoms with Gasteiger partial charge in [-0.2, -0.15) is 0 Å². The van der Waals surface area contributed by atoms with Crippen molar-refractivity contribution in [2.45, 2.75) is 45.4 Å². The third kappa shape index (κ3) is 4.08. The molecular formula is C23H28O. The average Bonchev–Trinajstić information content (AvgIpc) is 2.62. The molecule has 2 aromatic carbocycles. The maximum Gasteiger partial charge on any atom is 0.119 e. The number of rotatable bonds is 7. The first-order chi connectivity index (χ1) is 11.8. The largest absolute Gasteiger partial charge is 0.493 e. The summed E-state index contributed by atoms with van der Waals surface area (Å²) >= 11 is 0. The number of fused-ring (bicyclic) bond motifs is 1. The van der Waals surface area contributed by atoms with E-state index in [9.17, 15) is 0 Å². The second-order valence-corrected chi connectivity index (χ2v) is 6.83. The molecule has 2 aromatic rings. The Labute approximate surface area is 146 Å². The zero-order valence-corrected chi connectivity index (χ0v) is 14.8. The van der Waals surface area contributed by atoms with E-state index < -0.39 is 0 Å². The zero-order chi connectivity index (χ0) is 16.8. The van der Waals surface area contributed by atoms with E-state index in [0.717, 1.165) is 18.1 Å². The smallest absolute Gasteiger partial charge is 0.119 e. The normalized spacial score (nSPS) is 16.5. The summed E-state index contributed by atoms with van der Waals surface area (Å²) in [6.07, 6.45) is 9.28. The Bertz CT molecular complexity index is 669. The molecule has 1 unspecified atom stereocenters. The molecular weight excluding hydrogens is 292 g/mol. The summed E-state index contributed by atoms with van der Waals surface area (Å²) in [6.45, 7) is 6.71. The number of benzene rings is 2. The summed E-state index contributed by atoms with van der Waals surface area (Å²) in [4.78, 5) is 0. The van der Waals surface area contributed by atoms with Crippen LogP contribution in [0.2, 0.25) is 0 Å². The molecule has 1 heteroatoms. The maximum absolute atomic E-state index is 5.69. The van der Waals surface area contributed by atoms with Crippen molar-refractivity contribution in [1.82, 2.24) is 0 Å². The highest BCUT2D eigenvalue weighted by atomic mass is 16.5. The van der Waals surface area contributed by atoms with Crippen molar-refractivity contribution in [2.75, 3.05) is 6.61 Å². The Hall–Kier alpha value is -2.02. The van der Waals surface area contributed by atoms with E-state index in [2.05, 4.69) is 56.0 Å². The highest BCUT2D eigenvalue weighted by Crippen LogP contribution is 2.32. The van der Waals surface area contributed by atoms with Gasteiger partial charge in [0.1, 0.15) is 5.75 Å². The molecule has 0 aromatic heterocycles. The van der Waals surface area contributed by atoms with Crippen LogP contribution >= 0.6 is 0 Å². The lowest BCUT2D eigenvalue weighted by Gasteiger charge is -2.24. The van der Waals surface area contributed by atoms with Crippen LogP contribution in [0.4, 0.5) is 0 Å². The molecule has 1 nitrogen and oxygen atoms in total. The molecule has 0 aliphatic heterocycles. The van der Waals surface area contributed by atoms with Crippen LogP contribution in [0.25, 0.3) is 11.1 Å². The lowest BCUT2D eigenvalue weighted by atomic mass is 9.81. The molecule has 1 atom stereocenters. The van der Waals surface area contributed by atoms with Gasteiger partial charge >= 0.3 is 0 Å². The molecule has 0 heterocycles. The SMILES string of the molecule is C=CCCOc1ccc(-c2ccc3c(c2)CCC(CCC)C3)cc1. The van der Waals surface area contributed by atoms with Gasteiger partial charge in [0, 0.05) is 0 Å². The molecule has 126 valence electrons. The quantitative estimate of drug-likeness (QED) is 0.435. The van der Waals surface area contributed by atoms with E-state index in [-0.39, 0.29) is 0 Å². The van der Waals surface area contributed by atoms with E-state index in [1.54, 1.807) is 11.1 Å². The molecule has 24 heavy (non-hydrogen) atoms. The molecule has 0 amide bonds. The predicted molar refractivity (Wildman–Crippen MR) is 103 cm³/mol. The van der Waals surface area contributed by atoms with Crippen molar-refractivity contribution in [3.8, 4) is 16.9 Å². The molecule has 0 saturated heterocycles. The van der Waals surface area contributed by atoms with E-state index in [1.807, 2.05) is 6.08 Å². The molecule has 0 fully saturated rings. The molecule has 0 bridgehead atoms. The van der Waals surface area contributed by atoms with Crippen LogP contribution in [0.5, 0.6) is 5.75 Å². The molecule has 0 radical (unpaired) electrons. The van der Waals surface area contributed by atoms with Crippen molar-refractivity contribution in [1.29, 1.82) is 0 Å². The molecule has 3 rings (SSSR count). The summed E-state index contributed by atoms with van der Waals surface area (Å²) < 4.78 is 5.69. The number of hydrogen-bond donors (Lipinski definition) is 0. The molecule has 0 N–H and O–H groups in total. The standard InChI is InChI=1S/C23H28O/c1-3-5-15-24-23-13-11-19(12-14-23)21-10-9-20-16-18(6-4-2)7-8-22(20)17-21/h3,9-14,17-18H,1,4-8,15-16H2,2H3. The first-order valence-electron chi connectivity index (χ1n) is 9.26. The van der Waals surface area contributed by atoms with E-state index in [1.165, 1.54) is 43.2 Å². The van der Waals surface area contributed by atoms with E-state index in [4.69, 9.17) is 4.74 Å². The highest BCUT2D eigenvalue weighted by molar-refractivity contribution is 5.65. The minimum Gasteiger partial charge on any atom is -0.493 e. The lowest BCUT2D eigenvalue weighted by Crippen LogP contribution is -2.14. The Morgan fingerprint density at radius 3 is 2.62 bits per heavy atom. The van der Waals surface area contributed by atoms with Gasteiger partial charge < -0.3 is 4.74 Å². The van der Waals surface area contributed by atoms with Crippen molar-refractivity contribution in [2.24, 2.45) is 5.92 Å². The van der Waals surface area contributed by atoms with Gasteiger partial charge in [0.05, 0.1) is 6.61 Å². The monoisotopic (exact) mass is 320 g/mol. The fraction of sp³-hybridized carbons (Fsp3) is 0.391. The average molecular weight is 320 g/mol. The van der Waals surface area contributed by atoms with Gasteiger partial charge in [0.15, 0.2) is 0 Å². The Morgan fingerprint density at radius 2 is 1.88 bits per heavy atom. The van der Waals surface area contributed by atoms with Crippen LogP contribution in [-0.2, 0) is 12.8 Å². The van der Waals surface area contributed by atoms with Gasteiger partial charge in [-0.25, -0.2) is 0 Å². The van der Waals surface area contributed by atoms with Crippen LogP contribution in [0, 0.1) is 5.92 Å². The summed E-state index contributed by atoms with van der Waals surface area (Å²) in [5.41, 5.74) is 5.70. The lowest BCUT2D eigenvalue weighted by molar-refractivity contribution is 0.325. The van der Waals surface area contributed by atoms with Crippen molar-refractivity contribution in [3.63, 3.8) is 0 Å². The second-order valence-electron chi connectivity index (χ2n) is 6.83. The van der Waals surface area contributed by atoms with Crippen LogP contribution in [0.3, 0.4) is 0 Å². The van der Waals surface area contributed by atoms with Gasteiger partial charge in [-0.3, -0.25) is 0 Å².